The quantitative estimate of drug-likeness (QED) is 0.113. The molecule has 1 saturated heterocycles. The monoisotopic (exact) mass is 667 g/mol. The van der Waals surface area contributed by atoms with Crippen LogP contribution in [0.3, 0.4) is 0 Å². The van der Waals surface area contributed by atoms with Gasteiger partial charge >= 0.3 is 25.5 Å². The number of aromatic nitrogens is 3. The fourth-order valence-electron chi connectivity index (χ4n) is 4.79. The van der Waals surface area contributed by atoms with Gasteiger partial charge < -0.3 is 34.5 Å². The number of aliphatic hydroxyl groups is 2. The number of phosphoric acid groups is 1. The summed E-state index contributed by atoms with van der Waals surface area (Å²) in [4.78, 5) is 32.6. The summed E-state index contributed by atoms with van der Waals surface area (Å²) in [6, 6.07) is 14.4. The molecule has 0 saturated carbocycles. The summed E-state index contributed by atoms with van der Waals surface area (Å²) >= 11 is 0. The molecule has 16 nitrogen and oxygen atoms in total. The van der Waals surface area contributed by atoms with Gasteiger partial charge in [-0.1, -0.05) is 24.3 Å². The third-order valence-corrected chi connectivity index (χ3v) is 8.32. The molecule has 17 heteroatoms. The highest BCUT2D eigenvalue weighted by Crippen LogP contribution is 2.53. The Morgan fingerprint density at radius 3 is 2.13 bits per heavy atom. The Morgan fingerprint density at radius 2 is 1.57 bits per heavy atom. The number of para-hydroxylation sites is 2. The van der Waals surface area contributed by atoms with Crippen LogP contribution in [-0.2, 0) is 23.3 Å². The summed E-state index contributed by atoms with van der Waals surface area (Å²) < 4.78 is 48.9. The van der Waals surface area contributed by atoms with Gasteiger partial charge in [0.2, 0.25) is 0 Å². The van der Waals surface area contributed by atoms with Crippen LogP contribution in [0.5, 0.6) is 11.5 Å². The minimum Gasteiger partial charge on any atom is -0.462 e. The van der Waals surface area contributed by atoms with Gasteiger partial charge in [-0.25, -0.2) is 30.2 Å². The Morgan fingerprint density at radius 1 is 1.00 bits per heavy atom. The van der Waals surface area contributed by atoms with Gasteiger partial charge in [-0.05, 0) is 50.2 Å². The van der Waals surface area contributed by atoms with Crippen LogP contribution in [0.2, 0.25) is 0 Å². The second-order valence-electron chi connectivity index (χ2n) is 9.97. The molecule has 4 aromatic rings. The molecule has 246 valence electrons. The molecular formula is C30H30N5O11P. The summed E-state index contributed by atoms with van der Waals surface area (Å²) in [5.74, 6) is -2.02. The molecule has 0 radical (unpaired) electrons. The minimum absolute atomic E-state index is 0.0343. The first-order chi connectivity index (χ1) is 22.6. The van der Waals surface area contributed by atoms with Crippen LogP contribution in [0.25, 0.3) is 10.4 Å². The van der Waals surface area contributed by atoms with Crippen molar-refractivity contribution in [3.05, 3.63) is 95.2 Å². The van der Waals surface area contributed by atoms with E-state index in [1.165, 1.54) is 65.4 Å². The number of benzene rings is 2. The van der Waals surface area contributed by atoms with Crippen molar-refractivity contribution >= 4 is 31.1 Å². The maximum atomic E-state index is 14.4. The minimum atomic E-state index is -4.99. The van der Waals surface area contributed by atoms with Gasteiger partial charge in [0.25, 0.3) is 0 Å². The lowest BCUT2D eigenvalue weighted by Crippen LogP contribution is -2.44. The molecule has 1 aliphatic rings. The second kappa shape index (κ2) is 13.8. The molecule has 3 heterocycles. The van der Waals surface area contributed by atoms with E-state index >= 15 is 0 Å². The van der Waals surface area contributed by atoms with E-state index in [4.69, 9.17) is 40.1 Å². The number of hydrogen-bond acceptors (Lipinski definition) is 14. The number of rotatable bonds is 12. The summed E-state index contributed by atoms with van der Waals surface area (Å²) in [7, 11) is -4.99. The van der Waals surface area contributed by atoms with Crippen molar-refractivity contribution in [3.63, 3.8) is 0 Å². The summed E-state index contributed by atoms with van der Waals surface area (Å²) in [6.07, 6.45) is -3.73. The lowest BCUT2D eigenvalue weighted by Gasteiger charge is -2.24. The van der Waals surface area contributed by atoms with E-state index in [9.17, 15) is 24.4 Å². The Kier molecular flexibility index (Phi) is 9.75. The number of carbonyl (C=O) groups is 2. The Bertz CT molecular complexity index is 1810. The number of nitrogens with two attached hydrogens (primary N) is 1. The largest absolute Gasteiger partial charge is 0.588 e. The molecule has 47 heavy (non-hydrogen) atoms. The van der Waals surface area contributed by atoms with Gasteiger partial charge in [-0.2, -0.15) is 5.10 Å². The smallest absolute Gasteiger partial charge is 0.462 e. The molecule has 0 spiro atoms. The number of phosphoric ester groups is 1. The van der Waals surface area contributed by atoms with Crippen LogP contribution in [0.1, 0.15) is 46.4 Å². The van der Waals surface area contributed by atoms with Crippen molar-refractivity contribution in [2.24, 2.45) is 0 Å². The van der Waals surface area contributed by atoms with E-state index < -0.39 is 50.4 Å². The summed E-state index contributed by atoms with van der Waals surface area (Å²) in [5.41, 5.74) is 3.92. The van der Waals surface area contributed by atoms with Crippen LogP contribution < -0.4 is 14.8 Å². The first-order valence-electron chi connectivity index (χ1n) is 14.2. The van der Waals surface area contributed by atoms with Crippen molar-refractivity contribution in [1.29, 1.82) is 0 Å². The molecule has 0 aliphatic carbocycles. The van der Waals surface area contributed by atoms with Crippen molar-refractivity contribution in [2.45, 2.75) is 37.9 Å². The Labute approximate surface area is 268 Å². The van der Waals surface area contributed by atoms with E-state index in [0.29, 0.717) is 5.52 Å². The lowest BCUT2D eigenvalue weighted by molar-refractivity contribution is -0.0795. The van der Waals surface area contributed by atoms with Crippen LogP contribution >= 0.6 is 7.82 Å². The van der Waals surface area contributed by atoms with Gasteiger partial charge in [0, 0.05) is 0 Å². The molecule has 4 atom stereocenters. The zero-order valence-electron chi connectivity index (χ0n) is 25.1. The topological polar surface area (TPSA) is 208 Å². The molecule has 0 bridgehead atoms. The zero-order valence-corrected chi connectivity index (χ0v) is 26.0. The molecule has 0 unspecified atom stereocenters. The summed E-state index contributed by atoms with van der Waals surface area (Å²) in [6.45, 7) is 10.2. The molecule has 5 rings (SSSR count). The van der Waals surface area contributed by atoms with Crippen LogP contribution in [0.15, 0.2) is 67.0 Å². The third kappa shape index (κ3) is 6.61. The number of hydrogen-bond donors (Lipinski definition) is 3. The van der Waals surface area contributed by atoms with E-state index in [0.717, 1.165) is 0 Å². The van der Waals surface area contributed by atoms with Crippen LogP contribution in [0, 0.1) is 6.57 Å². The van der Waals surface area contributed by atoms with Gasteiger partial charge in [-0.3, -0.25) is 14.1 Å². The highest BCUT2D eigenvalue weighted by molar-refractivity contribution is 7.49. The number of esters is 2. The van der Waals surface area contributed by atoms with Gasteiger partial charge in [0.15, 0.2) is 18.5 Å². The number of aliphatic hydroxyl groups excluding tert-OH is 2. The zero-order chi connectivity index (χ0) is 33.8. The average Bonchev–Trinajstić information content (AvgIpc) is 3.60. The highest BCUT2D eigenvalue weighted by atomic mass is 31.2. The van der Waals surface area contributed by atoms with E-state index in [1.807, 2.05) is 0 Å². The Hall–Kier alpha value is -5.04. The van der Waals surface area contributed by atoms with Crippen molar-refractivity contribution in [1.82, 2.24) is 14.6 Å². The predicted molar refractivity (Wildman–Crippen MR) is 162 cm³/mol. The van der Waals surface area contributed by atoms with E-state index in [2.05, 4.69) is 14.9 Å². The first kappa shape index (κ1) is 33.3. The number of ether oxygens (including phenoxy) is 3. The SMILES string of the molecule is [C-]#[N+][C@]1(COP(=O)(Oc2ccccc2C(=O)OCC)Oc2ccccc2C(=O)OCC)O[C@@H](c2ccc3c(N)ncnn23)[C@H](O)[C@@H]1O. The van der Waals surface area contributed by atoms with Crippen molar-refractivity contribution in [2.75, 3.05) is 25.6 Å². The highest BCUT2D eigenvalue weighted by Gasteiger charge is 2.63. The number of carbonyl (C=O) groups excluding carboxylic acids is 2. The molecule has 1 aliphatic heterocycles. The van der Waals surface area contributed by atoms with Crippen molar-refractivity contribution in [3.8, 4) is 11.5 Å². The second-order valence-corrected chi connectivity index (χ2v) is 11.5. The predicted octanol–water partition coefficient (Wildman–Crippen LogP) is 3.36. The third-order valence-electron chi connectivity index (χ3n) is 7.03. The fraction of sp³-hybridized carbons (Fsp3) is 0.300. The summed E-state index contributed by atoms with van der Waals surface area (Å²) in [5, 5.41) is 26.2. The van der Waals surface area contributed by atoms with Crippen LogP contribution in [-0.4, -0.2) is 74.5 Å². The fourth-order valence-corrected chi connectivity index (χ4v) is 6.08. The molecular weight excluding hydrogens is 637 g/mol. The Balaban J connectivity index is 1.50. The van der Waals surface area contributed by atoms with E-state index in [1.54, 1.807) is 19.9 Å². The number of anilines is 1. The van der Waals surface area contributed by atoms with Crippen molar-refractivity contribution < 1.29 is 52.1 Å². The van der Waals surface area contributed by atoms with Gasteiger partial charge in [0.05, 0.1) is 18.9 Å². The standard InChI is InChI=1S/C30H30N5O11P/c1-4-41-28(38)18-10-6-8-12-22(18)45-47(40,46-23-13-9-7-11-19(23)29(39)42-5-2)43-16-30(32-3)26(37)24(36)25(44-30)20-14-15-21-27(31)33-17-34-35(20)21/h6-15,17,24-26,36-37H,4-5,16H2,1-2H3,(H2,31,33,34)/t24-,25-,26-,30+/m0/s1. The number of nitrogens with zero attached hydrogens (tertiary/aromatic N) is 4. The first-order valence-corrected chi connectivity index (χ1v) is 15.7. The number of nitrogen functional groups attached to an aromatic ring is 1. The average molecular weight is 668 g/mol. The molecule has 2 aromatic heterocycles. The molecule has 2 aromatic carbocycles. The molecule has 1 fully saturated rings. The number of fused-ring (bicyclic) bond motifs is 1. The van der Waals surface area contributed by atoms with E-state index in [-0.39, 0.29) is 47.4 Å². The maximum Gasteiger partial charge on any atom is 0.588 e. The molecule has 4 N–H and O–H groups in total. The van der Waals surface area contributed by atoms with Gasteiger partial charge in [0.1, 0.15) is 46.7 Å². The van der Waals surface area contributed by atoms with Crippen LogP contribution in [0.4, 0.5) is 5.82 Å². The normalized spacial score (nSPS) is 20.8. The molecule has 0 amide bonds. The lowest BCUT2D eigenvalue weighted by atomic mass is 10.0. The van der Waals surface area contributed by atoms with Gasteiger partial charge in [-0.15, -0.1) is 0 Å². The maximum absolute atomic E-state index is 14.4.